The third kappa shape index (κ3) is 7.09. The van der Waals surface area contributed by atoms with E-state index in [2.05, 4.69) is 5.32 Å². The molecule has 0 spiro atoms. The average Bonchev–Trinajstić information content (AvgIpc) is 2.97. The maximum absolute atomic E-state index is 12.7. The van der Waals surface area contributed by atoms with E-state index in [0.29, 0.717) is 6.42 Å². The molecule has 0 aliphatic carbocycles. The van der Waals surface area contributed by atoms with E-state index < -0.39 is 18.6 Å². The number of hydrogen-bond donors (Lipinski definition) is 1. The third-order valence-electron chi connectivity index (χ3n) is 4.10. The van der Waals surface area contributed by atoms with Gasteiger partial charge in [0.15, 0.2) is 0 Å². The van der Waals surface area contributed by atoms with Crippen LogP contribution in [0.4, 0.5) is 13.2 Å². The first-order valence-corrected chi connectivity index (χ1v) is 7.97. The van der Waals surface area contributed by atoms with Crippen molar-refractivity contribution in [2.45, 2.75) is 44.8 Å². The smallest absolute Gasteiger partial charge is 0.333 e. The van der Waals surface area contributed by atoms with Gasteiger partial charge >= 0.3 is 6.18 Å². The molecule has 0 aromatic heterocycles. The molecule has 2 rings (SSSR count). The van der Waals surface area contributed by atoms with Crippen molar-refractivity contribution in [3.63, 3.8) is 0 Å². The first-order valence-electron chi connectivity index (χ1n) is 7.97. The number of carbonyl (C=O) groups is 1. The van der Waals surface area contributed by atoms with E-state index in [9.17, 15) is 18.0 Å². The molecule has 136 valence electrons. The summed E-state index contributed by atoms with van der Waals surface area (Å²) in [5.74, 6) is -0.422. The molecule has 1 aliphatic rings. The van der Waals surface area contributed by atoms with Crippen LogP contribution in [0, 0.1) is 6.92 Å². The number of carbonyl (C=O) groups excluding carboxylic acids is 1. The maximum atomic E-state index is 12.7. The predicted molar refractivity (Wildman–Crippen MR) is 90.4 cm³/mol. The van der Waals surface area contributed by atoms with E-state index in [1.54, 1.807) is 0 Å². The number of alkyl halides is 3. The fourth-order valence-electron chi connectivity index (χ4n) is 2.80. The van der Waals surface area contributed by atoms with E-state index in [-0.39, 0.29) is 31.4 Å². The van der Waals surface area contributed by atoms with Crippen molar-refractivity contribution in [1.29, 1.82) is 0 Å². The van der Waals surface area contributed by atoms with Crippen LogP contribution in [-0.4, -0.2) is 42.7 Å². The van der Waals surface area contributed by atoms with Crippen molar-refractivity contribution in [3.05, 3.63) is 35.4 Å². The molecule has 1 aromatic rings. The minimum Gasteiger partial charge on any atom is -0.333 e. The molecule has 0 saturated carbocycles. The standard InChI is InChI=1S/C17H23F3N2O.ClH/c1-13-4-6-14(7-5-13)8-10-22(12-17(18,19)20)16(23)11-15-3-2-9-21-15;/h4-7,15,21H,2-3,8-12H2,1H3;1H. The summed E-state index contributed by atoms with van der Waals surface area (Å²) in [6, 6.07) is 7.65. The van der Waals surface area contributed by atoms with Crippen molar-refractivity contribution in [3.8, 4) is 0 Å². The zero-order valence-electron chi connectivity index (χ0n) is 13.7. The molecule has 1 fully saturated rings. The topological polar surface area (TPSA) is 32.3 Å². The Hall–Kier alpha value is -1.27. The fourth-order valence-corrected chi connectivity index (χ4v) is 2.80. The first-order chi connectivity index (χ1) is 10.8. The maximum Gasteiger partial charge on any atom is 0.406 e. The van der Waals surface area contributed by atoms with Crippen LogP contribution in [-0.2, 0) is 11.2 Å². The fraction of sp³-hybridized carbons (Fsp3) is 0.588. The number of aryl methyl sites for hydroxylation is 1. The van der Waals surface area contributed by atoms with E-state index >= 15 is 0 Å². The van der Waals surface area contributed by atoms with Crippen LogP contribution in [0.25, 0.3) is 0 Å². The highest BCUT2D eigenvalue weighted by Gasteiger charge is 2.33. The number of nitrogens with one attached hydrogen (secondary N) is 1. The molecule has 1 heterocycles. The lowest BCUT2D eigenvalue weighted by molar-refractivity contribution is -0.161. The zero-order valence-corrected chi connectivity index (χ0v) is 14.6. The van der Waals surface area contributed by atoms with Gasteiger partial charge in [0, 0.05) is 19.0 Å². The minimum atomic E-state index is -4.37. The van der Waals surface area contributed by atoms with Gasteiger partial charge in [-0.3, -0.25) is 4.79 Å². The summed E-state index contributed by atoms with van der Waals surface area (Å²) in [6.07, 6.45) is -1.97. The van der Waals surface area contributed by atoms with E-state index in [4.69, 9.17) is 0 Å². The Balaban J connectivity index is 0.00000288. The first kappa shape index (κ1) is 20.8. The molecule has 3 nitrogen and oxygen atoms in total. The summed E-state index contributed by atoms with van der Waals surface area (Å²) in [6.45, 7) is 1.71. The third-order valence-corrected chi connectivity index (χ3v) is 4.10. The minimum absolute atomic E-state index is 0. The second-order valence-electron chi connectivity index (χ2n) is 6.16. The molecule has 7 heteroatoms. The van der Waals surface area contributed by atoms with Gasteiger partial charge in [-0.2, -0.15) is 13.2 Å². The van der Waals surface area contributed by atoms with E-state index in [1.807, 2.05) is 31.2 Å². The zero-order chi connectivity index (χ0) is 16.9. The largest absolute Gasteiger partial charge is 0.406 e. The Kier molecular flexibility index (Phi) is 8.03. The Bertz CT molecular complexity index is 514. The number of nitrogens with zero attached hydrogens (tertiary/aromatic N) is 1. The molecular weight excluding hydrogens is 341 g/mol. The van der Waals surface area contributed by atoms with Gasteiger partial charge in [-0.1, -0.05) is 29.8 Å². The average molecular weight is 365 g/mol. The van der Waals surface area contributed by atoms with Crippen molar-refractivity contribution in [1.82, 2.24) is 10.2 Å². The quantitative estimate of drug-likeness (QED) is 0.838. The summed E-state index contributed by atoms with van der Waals surface area (Å²) >= 11 is 0. The molecule has 24 heavy (non-hydrogen) atoms. The summed E-state index contributed by atoms with van der Waals surface area (Å²) in [5, 5.41) is 3.16. The summed E-state index contributed by atoms with van der Waals surface area (Å²) in [4.78, 5) is 13.2. The Labute approximate surface area is 147 Å². The molecule has 1 N–H and O–H groups in total. The highest BCUT2D eigenvalue weighted by atomic mass is 35.5. The molecule has 1 unspecified atom stereocenters. The predicted octanol–water partition coefficient (Wildman–Crippen LogP) is 3.49. The van der Waals surface area contributed by atoms with Crippen LogP contribution in [0.15, 0.2) is 24.3 Å². The van der Waals surface area contributed by atoms with E-state index in [0.717, 1.165) is 35.4 Å². The van der Waals surface area contributed by atoms with Gasteiger partial charge < -0.3 is 10.2 Å². The molecule has 1 atom stereocenters. The Morgan fingerprint density at radius 1 is 1.29 bits per heavy atom. The van der Waals surface area contributed by atoms with Crippen LogP contribution >= 0.6 is 12.4 Å². The van der Waals surface area contributed by atoms with Crippen LogP contribution in [0.1, 0.15) is 30.4 Å². The van der Waals surface area contributed by atoms with Gasteiger partial charge in [0.1, 0.15) is 6.54 Å². The van der Waals surface area contributed by atoms with Gasteiger partial charge in [-0.05, 0) is 38.3 Å². The molecule has 0 bridgehead atoms. The lowest BCUT2D eigenvalue weighted by Gasteiger charge is -2.25. The number of rotatable bonds is 6. The lowest BCUT2D eigenvalue weighted by Crippen LogP contribution is -2.42. The van der Waals surface area contributed by atoms with Gasteiger partial charge in [-0.25, -0.2) is 0 Å². The van der Waals surface area contributed by atoms with Gasteiger partial charge in [0.25, 0.3) is 0 Å². The van der Waals surface area contributed by atoms with Crippen LogP contribution in [0.5, 0.6) is 0 Å². The highest BCUT2D eigenvalue weighted by molar-refractivity contribution is 5.85. The van der Waals surface area contributed by atoms with Crippen LogP contribution < -0.4 is 5.32 Å². The van der Waals surface area contributed by atoms with Crippen molar-refractivity contribution in [2.24, 2.45) is 0 Å². The molecule has 1 amide bonds. The number of amides is 1. The Morgan fingerprint density at radius 2 is 1.96 bits per heavy atom. The summed E-state index contributed by atoms with van der Waals surface area (Å²) < 4.78 is 38.2. The second kappa shape index (κ2) is 9.28. The second-order valence-corrected chi connectivity index (χ2v) is 6.16. The van der Waals surface area contributed by atoms with Crippen molar-refractivity contribution in [2.75, 3.05) is 19.6 Å². The van der Waals surface area contributed by atoms with Crippen molar-refractivity contribution >= 4 is 18.3 Å². The normalized spacial score (nSPS) is 17.4. The molecule has 1 aliphatic heterocycles. The SMILES string of the molecule is Cc1ccc(CCN(CC(F)(F)F)C(=O)CC2CCCN2)cc1.Cl. The van der Waals surface area contributed by atoms with Gasteiger partial charge in [-0.15, -0.1) is 12.4 Å². The number of halogens is 4. The highest BCUT2D eigenvalue weighted by Crippen LogP contribution is 2.19. The van der Waals surface area contributed by atoms with Crippen LogP contribution in [0.2, 0.25) is 0 Å². The number of hydrogen-bond acceptors (Lipinski definition) is 2. The van der Waals surface area contributed by atoms with Crippen LogP contribution in [0.3, 0.4) is 0 Å². The van der Waals surface area contributed by atoms with Crippen molar-refractivity contribution < 1.29 is 18.0 Å². The number of benzene rings is 1. The summed E-state index contributed by atoms with van der Waals surface area (Å²) in [5.41, 5.74) is 2.04. The van der Waals surface area contributed by atoms with Gasteiger partial charge in [0.05, 0.1) is 0 Å². The molecular formula is C17H24ClF3N2O. The van der Waals surface area contributed by atoms with E-state index in [1.165, 1.54) is 0 Å². The lowest BCUT2D eigenvalue weighted by atomic mass is 10.1. The monoisotopic (exact) mass is 364 g/mol. The van der Waals surface area contributed by atoms with Gasteiger partial charge in [0.2, 0.25) is 5.91 Å². The Morgan fingerprint density at radius 3 is 2.50 bits per heavy atom. The molecule has 0 radical (unpaired) electrons. The molecule has 1 saturated heterocycles. The summed E-state index contributed by atoms with van der Waals surface area (Å²) in [7, 11) is 0. The molecule has 1 aromatic carbocycles.